The molecule has 0 spiro atoms. The first-order valence-corrected chi connectivity index (χ1v) is 1.63. The van der Waals surface area contributed by atoms with Gasteiger partial charge < -0.3 is 11.3 Å². The molecule has 0 aliphatic rings. The fourth-order valence-electron chi connectivity index (χ4n) is 0.123. The summed E-state index contributed by atoms with van der Waals surface area (Å²) in [5.41, 5.74) is 0. The molecule has 0 atom stereocenters. The Kier molecular flexibility index (Phi) is 9.22. The van der Waals surface area contributed by atoms with Crippen LogP contribution in [0.3, 0.4) is 0 Å². The maximum absolute atomic E-state index is 9.38. The molecule has 0 saturated heterocycles. The second-order valence-electron chi connectivity index (χ2n) is 0.699. The largest absolute Gasteiger partial charge is 1.00 e. The van der Waals surface area contributed by atoms with Crippen molar-refractivity contribution in [2.45, 2.75) is 6.92 Å². The molecular weight excluding hydrogens is 107 g/mol. The minimum atomic E-state index is -1.21. The van der Waals surface area contributed by atoms with Gasteiger partial charge in [0.05, 0.1) is 6.61 Å². The topological polar surface area (TPSA) is 46.5 Å². The van der Waals surface area contributed by atoms with Gasteiger partial charge in [0.1, 0.15) is 0 Å². The zero-order valence-corrected chi connectivity index (χ0v) is 6.47. The van der Waals surface area contributed by atoms with Crippen LogP contribution in [0.1, 0.15) is 8.35 Å². The summed E-state index contributed by atoms with van der Waals surface area (Å²) >= 11 is 0. The average molecular weight is 114 g/mol. The zero-order chi connectivity index (χ0) is 4.99. The predicted molar refractivity (Wildman–Crippen MR) is 20.8 cm³/mol. The van der Waals surface area contributed by atoms with E-state index in [0.717, 1.165) is 0 Å². The minimum absolute atomic E-state index is 0. The smallest absolute Gasteiger partial charge is 1.00 e. The molecule has 1 N–H and O–H groups in total. The number of hydrogen-bond donors (Lipinski definition) is 1. The van der Waals surface area contributed by atoms with Crippen molar-refractivity contribution in [3.05, 3.63) is 0 Å². The molecule has 0 bridgehead atoms. The van der Waals surface area contributed by atoms with E-state index in [0.29, 0.717) is 0 Å². The van der Waals surface area contributed by atoms with Crippen molar-refractivity contribution in [2.75, 3.05) is 6.61 Å². The molecule has 0 aromatic rings. The van der Waals surface area contributed by atoms with Crippen LogP contribution in [0.2, 0.25) is 0 Å². The molecule has 0 amide bonds. The van der Waals surface area contributed by atoms with Crippen LogP contribution in [0.15, 0.2) is 0 Å². The van der Waals surface area contributed by atoms with Gasteiger partial charge >= 0.3 is 35.7 Å². The summed E-state index contributed by atoms with van der Waals surface area (Å²) in [7, 11) is 0. The van der Waals surface area contributed by atoms with Crippen molar-refractivity contribution < 1.29 is 45.6 Å². The summed E-state index contributed by atoms with van der Waals surface area (Å²) < 4.78 is 3.96. The quantitative estimate of drug-likeness (QED) is 0.311. The number of carbonyl (C=O) groups is 1. The molecule has 0 aliphatic heterocycles. The molecule has 0 saturated carbocycles. The second-order valence-corrected chi connectivity index (χ2v) is 0.699. The molecular formula is C3H7NaO3. The van der Waals surface area contributed by atoms with Gasteiger partial charge in [0.25, 0.3) is 0 Å². The van der Waals surface area contributed by atoms with Crippen LogP contribution in [0, 0.1) is 0 Å². The first-order chi connectivity index (χ1) is 2.77. The Bertz CT molecular complexity index is 58.5. The SMILES string of the molecule is CCOC(=O)O.[H-].[Na+]. The number of ether oxygens (including phenoxy) is 1. The summed E-state index contributed by atoms with van der Waals surface area (Å²) in [5, 5.41) is 7.69. The fraction of sp³-hybridized carbons (Fsp3) is 0.667. The Morgan fingerprint density at radius 1 is 2.00 bits per heavy atom. The number of carboxylic acid groups (broad SMARTS) is 1. The first-order valence-electron chi connectivity index (χ1n) is 1.63. The Labute approximate surface area is 65.4 Å². The molecule has 0 aromatic heterocycles. The summed E-state index contributed by atoms with van der Waals surface area (Å²) in [6, 6.07) is 0. The van der Waals surface area contributed by atoms with Crippen LogP contribution in [0.25, 0.3) is 0 Å². The van der Waals surface area contributed by atoms with Crippen molar-refractivity contribution in [3.8, 4) is 0 Å². The van der Waals surface area contributed by atoms with Gasteiger partial charge in [-0.05, 0) is 6.92 Å². The normalized spacial score (nSPS) is 6.43. The average Bonchev–Trinajstić information content (AvgIpc) is 1.35. The van der Waals surface area contributed by atoms with Crippen molar-refractivity contribution in [1.29, 1.82) is 0 Å². The van der Waals surface area contributed by atoms with Crippen molar-refractivity contribution in [3.63, 3.8) is 0 Å². The summed E-state index contributed by atoms with van der Waals surface area (Å²) in [6.07, 6.45) is -1.21. The molecule has 3 nitrogen and oxygen atoms in total. The second kappa shape index (κ2) is 6.27. The van der Waals surface area contributed by atoms with Gasteiger partial charge in [-0.25, -0.2) is 4.79 Å². The van der Waals surface area contributed by atoms with Gasteiger partial charge in [0, 0.05) is 0 Å². The van der Waals surface area contributed by atoms with E-state index in [4.69, 9.17) is 5.11 Å². The van der Waals surface area contributed by atoms with E-state index in [1.54, 1.807) is 6.92 Å². The maximum Gasteiger partial charge on any atom is 1.00 e. The third-order valence-corrected chi connectivity index (χ3v) is 0.268. The van der Waals surface area contributed by atoms with Crippen molar-refractivity contribution in [1.82, 2.24) is 0 Å². The van der Waals surface area contributed by atoms with Gasteiger partial charge in [-0.1, -0.05) is 0 Å². The molecule has 0 aliphatic carbocycles. The van der Waals surface area contributed by atoms with Crippen molar-refractivity contribution in [2.24, 2.45) is 0 Å². The van der Waals surface area contributed by atoms with Gasteiger partial charge in [0.15, 0.2) is 0 Å². The molecule has 38 valence electrons. The Balaban J connectivity index is -0.000000125. The molecule has 0 heterocycles. The molecule has 0 rings (SSSR count). The van der Waals surface area contributed by atoms with E-state index in [1.165, 1.54) is 0 Å². The van der Waals surface area contributed by atoms with Gasteiger partial charge in [-0.15, -0.1) is 0 Å². The van der Waals surface area contributed by atoms with Crippen LogP contribution in [-0.2, 0) is 4.74 Å². The maximum atomic E-state index is 9.38. The van der Waals surface area contributed by atoms with E-state index in [9.17, 15) is 4.79 Å². The van der Waals surface area contributed by atoms with E-state index >= 15 is 0 Å². The van der Waals surface area contributed by atoms with E-state index in [2.05, 4.69) is 4.74 Å². The first kappa shape index (κ1) is 10.3. The predicted octanol–water partition coefficient (Wildman–Crippen LogP) is -2.18. The van der Waals surface area contributed by atoms with E-state index in [-0.39, 0.29) is 37.6 Å². The molecule has 0 fully saturated rings. The molecule has 0 aromatic carbocycles. The third kappa shape index (κ3) is 10.7. The van der Waals surface area contributed by atoms with Gasteiger partial charge in [-0.3, -0.25) is 0 Å². The summed E-state index contributed by atoms with van der Waals surface area (Å²) in [5.74, 6) is 0. The summed E-state index contributed by atoms with van der Waals surface area (Å²) in [6.45, 7) is 1.85. The Morgan fingerprint density at radius 3 is 2.43 bits per heavy atom. The van der Waals surface area contributed by atoms with E-state index < -0.39 is 6.16 Å². The molecule has 0 radical (unpaired) electrons. The van der Waals surface area contributed by atoms with E-state index in [1.807, 2.05) is 0 Å². The van der Waals surface area contributed by atoms with Crippen LogP contribution >= 0.6 is 0 Å². The number of hydrogen-bond acceptors (Lipinski definition) is 2. The monoisotopic (exact) mass is 114 g/mol. The standard InChI is InChI=1S/C3H6O3.Na.H/c1-2-6-3(4)5;;/h2H2,1H3,(H,4,5);;/q;+1;-1. The van der Waals surface area contributed by atoms with Gasteiger partial charge in [0.2, 0.25) is 0 Å². The minimum Gasteiger partial charge on any atom is -1.00 e. The summed E-state index contributed by atoms with van der Waals surface area (Å²) in [4.78, 5) is 9.38. The Hall–Kier alpha value is 0.270. The third-order valence-electron chi connectivity index (χ3n) is 0.268. The zero-order valence-electron chi connectivity index (χ0n) is 5.47. The molecule has 7 heavy (non-hydrogen) atoms. The fourth-order valence-corrected chi connectivity index (χ4v) is 0.123. The molecule has 0 unspecified atom stereocenters. The van der Waals surface area contributed by atoms with Crippen LogP contribution in [0.5, 0.6) is 0 Å². The van der Waals surface area contributed by atoms with Crippen molar-refractivity contribution >= 4 is 6.16 Å². The number of rotatable bonds is 1. The van der Waals surface area contributed by atoms with Crippen LogP contribution < -0.4 is 29.6 Å². The van der Waals surface area contributed by atoms with Crippen LogP contribution in [-0.4, -0.2) is 17.9 Å². The Morgan fingerprint density at radius 2 is 2.43 bits per heavy atom. The van der Waals surface area contributed by atoms with Gasteiger partial charge in [-0.2, -0.15) is 0 Å². The van der Waals surface area contributed by atoms with Crippen LogP contribution in [0.4, 0.5) is 4.79 Å². The molecule has 4 heteroatoms.